The summed E-state index contributed by atoms with van der Waals surface area (Å²) < 4.78 is 0. The molecule has 0 amide bonds. The Kier molecular flexibility index (Phi) is 2.88. The number of benzene rings is 1. The highest BCUT2D eigenvalue weighted by atomic mass is 15.2. The molecular weight excluding hydrogens is 212 g/mol. The van der Waals surface area contributed by atoms with E-state index in [1.807, 2.05) is 18.3 Å². The Morgan fingerprint density at radius 2 is 2.00 bits per heavy atom. The van der Waals surface area contributed by atoms with Gasteiger partial charge in [0.25, 0.3) is 0 Å². The molecule has 1 aromatic carbocycles. The highest BCUT2D eigenvalue weighted by Crippen LogP contribution is 2.21. The average Bonchev–Trinajstić information content (AvgIpc) is 2.40. The summed E-state index contributed by atoms with van der Waals surface area (Å²) in [6, 6.07) is 8.73. The van der Waals surface area contributed by atoms with Crippen molar-refractivity contribution in [3.63, 3.8) is 0 Å². The van der Waals surface area contributed by atoms with Crippen LogP contribution in [0.3, 0.4) is 0 Å². The summed E-state index contributed by atoms with van der Waals surface area (Å²) in [5.41, 5.74) is 0. The third kappa shape index (κ3) is 2.22. The number of hydrogen-bond donors (Lipinski definition) is 2. The van der Waals surface area contributed by atoms with Crippen molar-refractivity contribution in [1.82, 2.24) is 15.5 Å². The molecule has 88 valence electrons. The molecule has 0 aliphatic carbocycles. The van der Waals surface area contributed by atoms with Crippen molar-refractivity contribution in [2.45, 2.75) is 18.9 Å². The highest BCUT2D eigenvalue weighted by molar-refractivity contribution is 5.90. The van der Waals surface area contributed by atoms with E-state index < -0.39 is 0 Å². The number of aromatic nitrogens is 2. The zero-order valence-electron chi connectivity index (χ0n) is 9.69. The van der Waals surface area contributed by atoms with Gasteiger partial charge in [-0.25, -0.2) is 0 Å². The zero-order valence-corrected chi connectivity index (χ0v) is 9.69. The summed E-state index contributed by atoms with van der Waals surface area (Å²) in [6.45, 7) is 2.16. The molecule has 0 unspecified atom stereocenters. The fourth-order valence-corrected chi connectivity index (χ4v) is 2.29. The van der Waals surface area contributed by atoms with E-state index in [-0.39, 0.29) is 0 Å². The minimum Gasteiger partial charge on any atom is -0.365 e. The molecule has 1 aromatic heterocycles. The largest absolute Gasteiger partial charge is 0.365 e. The van der Waals surface area contributed by atoms with Crippen LogP contribution in [0, 0.1) is 0 Å². The van der Waals surface area contributed by atoms with Crippen LogP contribution in [-0.4, -0.2) is 29.3 Å². The maximum Gasteiger partial charge on any atom is 0.156 e. The van der Waals surface area contributed by atoms with Gasteiger partial charge < -0.3 is 10.6 Å². The van der Waals surface area contributed by atoms with Crippen LogP contribution in [0.15, 0.2) is 30.5 Å². The first kappa shape index (κ1) is 10.5. The van der Waals surface area contributed by atoms with Gasteiger partial charge in [-0.1, -0.05) is 24.3 Å². The second-order valence-corrected chi connectivity index (χ2v) is 4.45. The molecule has 17 heavy (non-hydrogen) atoms. The highest BCUT2D eigenvalue weighted by Gasteiger charge is 2.14. The predicted octanol–water partition coefficient (Wildman–Crippen LogP) is 1.79. The Hall–Kier alpha value is -1.68. The normalized spacial score (nSPS) is 17.2. The van der Waals surface area contributed by atoms with Crippen molar-refractivity contribution in [1.29, 1.82) is 0 Å². The number of rotatable bonds is 2. The van der Waals surface area contributed by atoms with Gasteiger partial charge in [-0.2, -0.15) is 5.10 Å². The van der Waals surface area contributed by atoms with Crippen LogP contribution in [0.2, 0.25) is 0 Å². The van der Waals surface area contributed by atoms with E-state index >= 15 is 0 Å². The maximum absolute atomic E-state index is 4.22. The molecule has 1 aliphatic heterocycles. The van der Waals surface area contributed by atoms with Crippen molar-refractivity contribution >= 4 is 16.6 Å². The van der Waals surface area contributed by atoms with Crippen LogP contribution in [0.5, 0.6) is 0 Å². The smallest absolute Gasteiger partial charge is 0.156 e. The van der Waals surface area contributed by atoms with Crippen LogP contribution in [0.25, 0.3) is 10.8 Å². The number of nitrogens with zero attached hydrogens (tertiary/aromatic N) is 2. The number of piperidine rings is 1. The van der Waals surface area contributed by atoms with Crippen molar-refractivity contribution in [2.75, 3.05) is 18.4 Å². The topological polar surface area (TPSA) is 49.8 Å². The summed E-state index contributed by atoms with van der Waals surface area (Å²) in [7, 11) is 0. The van der Waals surface area contributed by atoms with Crippen LogP contribution in [-0.2, 0) is 0 Å². The predicted molar refractivity (Wildman–Crippen MR) is 69.1 cm³/mol. The Balaban J connectivity index is 1.89. The molecule has 1 aliphatic rings. The fourth-order valence-electron chi connectivity index (χ4n) is 2.29. The second kappa shape index (κ2) is 4.67. The van der Waals surface area contributed by atoms with Gasteiger partial charge in [0.2, 0.25) is 0 Å². The van der Waals surface area contributed by atoms with E-state index in [9.17, 15) is 0 Å². The summed E-state index contributed by atoms with van der Waals surface area (Å²) >= 11 is 0. The van der Waals surface area contributed by atoms with E-state index in [0.29, 0.717) is 6.04 Å². The lowest BCUT2D eigenvalue weighted by Gasteiger charge is -2.24. The van der Waals surface area contributed by atoms with Crippen LogP contribution >= 0.6 is 0 Å². The van der Waals surface area contributed by atoms with E-state index in [4.69, 9.17) is 0 Å². The van der Waals surface area contributed by atoms with Gasteiger partial charge in [0.05, 0.1) is 6.20 Å². The first-order valence-corrected chi connectivity index (χ1v) is 6.11. The van der Waals surface area contributed by atoms with Crippen molar-refractivity contribution in [3.05, 3.63) is 30.5 Å². The lowest BCUT2D eigenvalue weighted by atomic mass is 10.1. The first-order valence-electron chi connectivity index (χ1n) is 6.11. The zero-order chi connectivity index (χ0) is 11.5. The Bertz CT molecular complexity index is 500. The molecule has 3 rings (SSSR count). The lowest BCUT2D eigenvalue weighted by Crippen LogP contribution is -2.35. The van der Waals surface area contributed by atoms with E-state index in [1.165, 1.54) is 0 Å². The lowest BCUT2D eigenvalue weighted by molar-refractivity contribution is 0.478. The van der Waals surface area contributed by atoms with Crippen molar-refractivity contribution < 1.29 is 0 Å². The summed E-state index contributed by atoms with van der Waals surface area (Å²) in [5.74, 6) is 0.912. The summed E-state index contributed by atoms with van der Waals surface area (Å²) in [4.78, 5) is 0. The molecule has 4 nitrogen and oxygen atoms in total. The molecule has 1 saturated heterocycles. The van der Waals surface area contributed by atoms with E-state index in [1.54, 1.807) is 0 Å². The molecule has 2 N–H and O–H groups in total. The van der Waals surface area contributed by atoms with Gasteiger partial charge >= 0.3 is 0 Å². The van der Waals surface area contributed by atoms with E-state index in [2.05, 4.69) is 33.0 Å². The molecule has 1 fully saturated rings. The number of nitrogens with one attached hydrogen (secondary N) is 2. The van der Waals surface area contributed by atoms with Crippen LogP contribution in [0.4, 0.5) is 5.82 Å². The van der Waals surface area contributed by atoms with Crippen molar-refractivity contribution in [2.24, 2.45) is 0 Å². The standard InChI is InChI=1S/C13H16N4/c1-2-4-12-10(3-1)9-15-17-13(12)16-11-5-7-14-8-6-11/h1-4,9,11,14H,5-8H2,(H,16,17). The third-order valence-corrected chi connectivity index (χ3v) is 3.25. The van der Waals surface area contributed by atoms with Gasteiger partial charge in [-0.3, -0.25) is 0 Å². The Morgan fingerprint density at radius 1 is 1.18 bits per heavy atom. The van der Waals surface area contributed by atoms with Crippen LogP contribution in [0.1, 0.15) is 12.8 Å². The van der Waals surface area contributed by atoms with Gasteiger partial charge in [-0.05, 0) is 25.9 Å². The average molecular weight is 228 g/mol. The molecule has 4 heteroatoms. The molecule has 0 atom stereocenters. The molecule has 0 bridgehead atoms. The molecule has 0 spiro atoms. The van der Waals surface area contributed by atoms with Crippen LogP contribution < -0.4 is 10.6 Å². The Morgan fingerprint density at radius 3 is 2.88 bits per heavy atom. The monoisotopic (exact) mass is 228 g/mol. The van der Waals surface area contributed by atoms with Gasteiger partial charge in [-0.15, -0.1) is 5.10 Å². The summed E-state index contributed by atoms with van der Waals surface area (Å²) in [6.07, 6.45) is 4.10. The van der Waals surface area contributed by atoms with Gasteiger partial charge in [0, 0.05) is 16.8 Å². The molecule has 0 saturated carbocycles. The van der Waals surface area contributed by atoms with Gasteiger partial charge in [0.1, 0.15) is 0 Å². The SMILES string of the molecule is c1ccc2c(NC3CCNCC3)nncc2c1. The first-order chi connectivity index (χ1) is 8.43. The number of anilines is 1. The molecule has 2 heterocycles. The minimum atomic E-state index is 0.511. The van der Waals surface area contributed by atoms with Gasteiger partial charge in [0.15, 0.2) is 5.82 Å². The summed E-state index contributed by atoms with van der Waals surface area (Å²) in [5, 5.41) is 17.4. The third-order valence-electron chi connectivity index (χ3n) is 3.25. The minimum absolute atomic E-state index is 0.511. The fraction of sp³-hybridized carbons (Fsp3) is 0.385. The molecular formula is C13H16N4. The Labute approximate surface area is 100 Å². The van der Waals surface area contributed by atoms with E-state index in [0.717, 1.165) is 42.5 Å². The maximum atomic E-state index is 4.22. The number of fused-ring (bicyclic) bond motifs is 1. The molecule has 0 radical (unpaired) electrons. The quantitative estimate of drug-likeness (QED) is 0.823. The molecule has 2 aromatic rings. The second-order valence-electron chi connectivity index (χ2n) is 4.45. The number of hydrogen-bond acceptors (Lipinski definition) is 4. The van der Waals surface area contributed by atoms with Crippen molar-refractivity contribution in [3.8, 4) is 0 Å².